The Morgan fingerprint density at radius 3 is 2.88 bits per heavy atom. The SMILES string of the molecule is Fc1ccc(CN2CCCC(c3cc4ncccc4cn3)C2)cc1. The molecule has 1 unspecified atom stereocenters. The number of hydrogen-bond donors (Lipinski definition) is 0. The van der Waals surface area contributed by atoms with Gasteiger partial charge in [-0.3, -0.25) is 14.9 Å². The minimum Gasteiger partial charge on any atom is -0.298 e. The van der Waals surface area contributed by atoms with E-state index in [1.165, 1.54) is 12.1 Å². The highest BCUT2D eigenvalue weighted by molar-refractivity contribution is 5.77. The molecule has 0 spiro atoms. The van der Waals surface area contributed by atoms with E-state index in [0.29, 0.717) is 5.92 Å². The number of benzene rings is 1. The number of piperidine rings is 1. The molecule has 0 aliphatic carbocycles. The summed E-state index contributed by atoms with van der Waals surface area (Å²) in [5.41, 5.74) is 3.30. The van der Waals surface area contributed by atoms with Gasteiger partial charge in [0.05, 0.1) is 5.52 Å². The first-order valence-electron chi connectivity index (χ1n) is 8.45. The predicted octanol–water partition coefficient (Wildman–Crippen LogP) is 4.15. The van der Waals surface area contributed by atoms with Gasteiger partial charge in [0.2, 0.25) is 0 Å². The maximum absolute atomic E-state index is 13.0. The summed E-state index contributed by atoms with van der Waals surface area (Å²) < 4.78 is 13.0. The van der Waals surface area contributed by atoms with E-state index in [-0.39, 0.29) is 5.82 Å². The van der Waals surface area contributed by atoms with Gasteiger partial charge in [0, 0.05) is 42.5 Å². The summed E-state index contributed by atoms with van der Waals surface area (Å²) in [5, 5.41) is 1.08. The van der Waals surface area contributed by atoms with E-state index in [1.54, 1.807) is 0 Å². The molecule has 4 rings (SSSR count). The first kappa shape index (κ1) is 15.2. The average Bonchev–Trinajstić information content (AvgIpc) is 2.63. The summed E-state index contributed by atoms with van der Waals surface area (Å²) in [4.78, 5) is 11.5. The summed E-state index contributed by atoms with van der Waals surface area (Å²) in [6.07, 6.45) is 6.07. The van der Waals surface area contributed by atoms with E-state index < -0.39 is 0 Å². The summed E-state index contributed by atoms with van der Waals surface area (Å²) in [6.45, 7) is 2.94. The van der Waals surface area contributed by atoms with Gasteiger partial charge >= 0.3 is 0 Å². The van der Waals surface area contributed by atoms with Crippen molar-refractivity contribution in [3.8, 4) is 0 Å². The van der Waals surface area contributed by atoms with Crippen molar-refractivity contribution in [3.05, 3.63) is 71.9 Å². The Kier molecular flexibility index (Phi) is 4.22. The fourth-order valence-corrected chi connectivity index (χ4v) is 3.49. The van der Waals surface area contributed by atoms with Crippen molar-refractivity contribution in [3.63, 3.8) is 0 Å². The summed E-state index contributed by atoms with van der Waals surface area (Å²) >= 11 is 0. The van der Waals surface area contributed by atoms with Gasteiger partial charge in [-0.15, -0.1) is 0 Å². The van der Waals surface area contributed by atoms with Crippen LogP contribution in [0.15, 0.2) is 54.9 Å². The minimum absolute atomic E-state index is 0.178. The largest absolute Gasteiger partial charge is 0.298 e. The number of likely N-dealkylation sites (tertiary alicyclic amines) is 1. The number of rotatable bonds is 3. The van der Waals surface area contributed by atoms with Crippen LogP contribution in [0.2, 0.25) is 0 Å². The van der Waals surface area contributed by atoms with E-state index in [2.05, 4.69) is 20.9 Å². The van der Waals surface area contributed by atoms with Crippen LogP contribution in [0.5, 0.6) is 0 Å². The first-order valence-corrected chi connectivity index (χ1v) is 8.45. The molecule has 1 fully saturated rings. The zero-order chi connectivity index (χ0) is 16.4. The maximum atomic E-state index is 13.0. The van der Waals surface area contributed by atoms with Crippen molar-refractivity contribution in [1.82, 2.24) is 14.9 Å². The molecule has 1 aromatic carbocycles. The fraction of sp³-hybridized carbons (Fsp3) is 0.300. The molecule has 3 heterocycles. The lowest BCUT2D eigenvalue weighted by molar-refractivity contribution is 0.198. The van der Waals surface area contributed by atoms with Crippen LogP contribution >= 0.6 is 0 Å². The Bertz CT molecular complexity index is 832. The van der Waals surface area contributed by atoms with E-state index in [9.17, 15) is 4.39 Å². The molecule has 1 aliphatic rings. The van der Waals surface area contributed by atoms with Gasteiger partial charge in [-0.25, -0.2) is 4.39 Å². The smallest absolute Gasteiger partial charge is 0.123 e. The quantitative estimate of drug-likeness (QED) is 0.726. The lowest BCUT2D eigenvalue weighted by Gasteiger charge is -2.32. The van der Waals surface area contributed by atoms with Gasteiger partial charge in [0.1, 0.15) is 5.82 Å². The molecule has 2 aromatic heterocycles. The third kappa shape index (κ3) is 3.29. The van der Waals surface area contributed by atoms with Gasteiger partial charge in [-0.1, -0.05) is 12.1 Å². The van der Waals surface area contributed by atoms with E-state index >= 15 is 0 Å². The fourth-order valence-electron chi connectivity index (χ4n) is 3.49. The van der Waals surface area contributed by atoms with Crippen LogP contribution < -0.4 is 0 Å². The van der Waals surface area contributed by atoms with Gasteiger partial charge < -0.3 is 0 Å². The molecule has 1 atom stereocenters. The van der Waals surface area contributed by atoms with E-state index in [4.69, 9.17) is 0 Å². The Hall–Kier alpha value is -2.33. The molecule has 0 saturated carbocycles. The number of nitrogens with zero attached hydrogens (tertiary/aromatic N) is 3. The van der Waals surface area contributed by atoms with Crippen LogP contribution in [-0.4, -0.2) is 28.0 Å². The Balaban J connectivity index is 1.50. The second-order valence-electron chi connectivity index (χ2n) is 6.51. The van der Waals surface area contributed by atoms with Crippen molar-refractivity contribution in [2.75, 3.05) is 13.1 Å². The molecule has 122 valence electrons. The van der Waals surface area contributed by atoms with Crippen LogP contribution in [0.1, 0.15) is 30.0 Å². The number of pyridine rings is 2. The molecule has 1 saturated heterocycles. The highest BCUT2D eigenvalue weighted by atomic mass is 19.1. The monoisotopic (exact) mass is 321 g/mol. The molecule has 0 N–H and O–H groups in total. The van der Waals surface area contributed by atoms with Crippen LogP contribution in [0.25, 0.3) is 10.9 Å². The van der Waals surface area contributed by atoms with Gasteiger partial charge in [0.15, 0.2) is 0 Å². The molecule has 4 heteroatoms. The molecule has 0 amide bonds. The van der Waals surface area contributed by atoms with Crippen molar-refractivity contribution in [1.29, 1.82) is 0 Å². The maximum Gasteiger partial charge on any atom is 0.123 e. The van der Waals surface area contributed by atoms with Crippen molar-refractivity contribution >= 4 is 10.9 Å². The van der Waals surface area contributed by atoms with Crippen LogP contribution in [-0.2, 0) is 6.54 Å². The van der Waals surface area contributed by atoms with Crippen LogP contribution in [0.3, 0.4) is 0 Å². The van der Waals surface area contributed by atoms with Crippen molar-refractivity contribution in [2.24, 2.45) is 0 Å². The highest BCUT2D eigenvalue weighted by Crippen LogP contribution is 2.28. The molecule has 1 aliphatic heterocycles. The Labute approximate surface area is 141 Å². The number of halogens is 1. The normalized spacial score (nSPS) is 18.8. The number of aromatic nitrogens is 2. The standard InChI is InChI=1S/C20H20FN3/c21-18-7-5-15(6-8-18)13-24-10-2-4-17(14-24)20-11-19-16(12-23-20)3-1-9-22-19/h1,3,5-9,11-12,17H,2,4,10,13-14H2. The van der Waals surface area contributed by atoms with Gasteiger partial charge in [-0.2, -0.15) is 0 Å². The number of hydrogen-bond acceptors (Lipinski definition) is 3. The molecule has 0 radical (unpaired) electrons. The van der Waals surface area contributed by atoms with Crippen molar-refractivity contribution in [2.45, 2.75) is 25.3 Å². The second-order valence-corrected chi connectivity index (χ2v) is 6.51. The molecule has 3 nitrogen and oxygen atoms in total. The van der Waals surface area contributed by atoms with Crippen molar-refractivity contribution < 1.29 is 4.39 Å². The molecule has 24 heavy (non-hydrogen) atoms. The zero-order valence-electron chi connectivity index (χ0n) is 13.5. The highest BCUT2D eigenvalue weighted by Gasteiger charge is 2.22. The molecular formula is C20H20FN3. The van der Waals surface area contributed by atoms with Crippen LogP contribution in [0.4, 0.5) is 4.39 Å². The van der Waals surface area contributed by atoms with Gasteiger partial charge in [-0.05, 0) is 55.3 Å². The Morgan fingerprint density at radius 2 is 2.00 bits per heavy atom. The summed E-state index contributed by atoms with van der Waals surface area (Å²) in [6, 6.07) is 12.9. The molecular weight excluding hydrogens is 301 g/mol. The van der Waals surface area contributed by atoms with Gasteiger partial charge in [0.25, 0.3) is 0 Å². The molecule has 0 bridgehead atoms. The summed E-state index contributed by atoms with van der Waals surface area (Å²) in [7, 11) is 0. The van der Waals surface area contributed by atoms with E-state index in [1.807, 2.05) is 36.7 Å². The zero-order valence-corrected chi connectivity index (χ0v) is 13.5. The second kappa shape index (κ2) is 6.65. The third-order valence-corrected chi connectivity index (χ3v) is 4.75. The first-order chi connectivity index (χ1) is 11.8. The molecule has 3 aromatic rings. The predicted molar refractivity (Wildman–Crippen MR) is 93.2 cm³/mol. The minimum atomic E-state index is -0.178. The van der Waals surface area contributed by atoms with Crippen LogP contribution in [0, 0.1) is 5.82 Å². The lowest BCUT2D eigenvalue weighted by Crippen LogP contribution is -2.34. The lowest BCUT2D eigenvalue weighted by atomic mass is 9.93. The van der Waals surface area contributed by atoms with E-state index in [0.717, 1.165) is 54.6 Å². The number of fused-ring (bicyclic) bond motifs is 1. The average molecular weight is 321 g/mol. The Morgan fingerprint density at radius 1 is 1.12 bits per heavy atom. The topological polar surface area (TPSA) is 29.0 Å². The third-order valence-electron chi connectivity index (χ3n) is 4.75. The summed E-state index contributed by atoms with van der Waals surface area (Å²) in [5.74, 6) is 0.258.